The van der Waals surface area contributed by atoms with Gasteiger partial charge >= 0.3 is 16.3 Å². The highest BCUT2D eigenvalue weighted by Crippen LogP contribution is 1.94. The molecule has 0 rings (SSSR count). The summed E-state index contributed by atoms with van der Waals surface area (Å²) in [7, 11) is -2.68. The number of ether oxygens (including phenoxy) is 2. The van der Waals surface area contributed by atoms with Crippen LogP contribution in [0.15, 0.2) is 0 Å². The van der Waals surface area contributed by atoms with Gasteiger partial charge in [0.15, 0.2) is 0 Å². The summed E-state index contributed by atoms with van der Waals surface area (Å²) >= 11 is 0. The molecule has 0 aliphatic carbocycles. The first-order valence-corrected chi connectivity index (χ1v) is 4.67. The summed E-state index contributed by atoms with van der Waals surface area (Å²) in [6.07, 6.45) is -1.06. The van der Waals surface area contributed by atoms with Crippen LogP contribution < -0.4 is 0 Å². The lowest BCUT2D eigenvalue weighted by Crippen LogP contribution is -2.16. The fourth-order valence-corrected chi connectivity index (χ4v) is 1.06. The molecule has 0 heterocycles. The average Bonchev–Trinajstić information content (AvgIpc) is 2.00. The third-order valence-electron chi connectivity index (χ3n) is 0.785. The number of methoxy groups -OCH3 is 1. The minimum absolute atomic E-state index is 0.00681. The predicted octanol–water partition coefficient (Wildman–Crippen LogP) is 0.0932. The highest BCUT2D eigenvalue weighted by Gasteiger charge is 2.13. The van der Waals surface area contributed by atoms with Gasteiger partial charge in [-0.05, 0) is 6.92 Å². The third-order valence-corrected chi connectivity index (χ3v) is 1.79. The molecule has 12 heavy (non-hydrogen) atoms. The Morgan fingerprint density at radius 2 is 2.00 bits per heavy atom. The fraction of sp³-hybridized carbons (Fsp3) is 0.800. The molecular formula is C5H10O6S. The molecule has 0 unspecified atom stereocenters. The molecule has 0 aromatic rings. The molecule has 0 N–H and O–H groups in total. The zero-order valence-electron chi connectivity index (χ0n) is 6.77. The van der Waals surface area contributed by atoms with Crippen molar-refractivity contribution in [2.75, 3.05) is 19.7 Å². The van der Waals surface area contributed by atoms with Gasteiger partial charge in [-0.3, -0.25) is 4.18 Å². The Labute approximate surface area is 70.5 Å². The summed E-state index contributed by atoms with van der Waals surface area (Å²) in [5.41, 5.74) is 0. The minimum Gasteiger partial charge on any atom is -0.438 e. The lowest BCUT2D eigenvalue weighted by Gasteiger charge is -2.03. The zero-order chi connectivity index (χ0) is 9.61. The molecule has 0 radical (unpaired) electrons. The van der Waals surface area contributed by atoms with E-state index in [9.17, 15) is 13.2 Å². The first-order chi connectivity index (χ1) is 5.52. The Morgan fingerprint density at radius 3 is 2.42 bits per heavy atom. The summed E-state index contributed by atoms with van der Waals surface area (Å²) in [5.74, 6) is -0.826. The van der Waals surface area contributed by atoms with Crippen molar-refractivity contribution in [2.45, 2.75) is 6.92 Å². The standard InChI is InChI=1S/C5H10O6S/c1-3-11-12(7,8)4-10-5(6)9-2/h3-4H2,1-2H3. The van der Waals surface area contributed by atoms with Crippen molar-refractivity contribution in [1.29, 1.82) is 0 Å². The van der Waals surface area contributed by atoms with E-state index < -0.39 is 22.2 Å². The van der Waals surface area contributed by atoms with Crippen molar-refractivity contribution >= 4 is 16.3 Å². The lowest BCUT2D eigenvalue weighted by atomic mass is 10.9. The Kier molecular flexibility index (Phi) is 4.60. The normalized spacial score (nSPS) is 10.8. The second-order valence-corrected chi connectivity index (χ2v) is 3.27. The van der Waals surface area contributed by atoms with Gasteiger partial charge < -0.3 is 9.47 Å². The van der Waals surface area contributed by atoms with Crippen molar-refractivity contribution in [2.24, 2.45) is 0 Å². The van der Waals surface area contributed by atoms with E-state index in [0.29, 0.717) is 0 Å². The summed E-state index contributed by atoms with van der Waals surface area (Å²) in [6.45, 7) is 1.52. The van der Waals surface area contributed by atoms with E-state index in [-0.39, 0.29) is 6.61 Å². The van der Waals surface area contributed by atoms with Crippen LogP contribution in [-0.4, -0.2) is 34.2 Å². The Morgan fingerprint density at radius 1 is 1.42 bits per heavy atom. The largest absolute Gasteiger partial charge is 0.509 e. The second-order valence-electron chi connectivity index (χ2n) is 1.68. The maximum atomic E-state index is 10.7. The summed E-state index contributed by atoms with van der Waals surface area (Å²) < 4.78 is 33.8. The van der Waals surface area contributed by atoms with Crippen LogP contribution in [0.2, 0.25) is 0 Å². The van der Waals surface area contributed by atoms with E-state index in [1.54, 1.807) is 0 Å². The first-order valence-electron chi connectivity index (χ1n) is 3.09. The topological polar surface area (TPSA) is 78.9 Å². The van der Waals surface area contributed by atoms with Gasteiger partial charge in [0, 0.05) is 0 Å². The lowest BCUT2D eigenvalue weighted by molar-refractivity contribution is 0.0839. The van der Waals surface area contributed by atoms with Gasteiger partial charge in [-0.15, -0.1) is 0 Å². The zero-order valence-corrected chi connectivity index (χ0v) is 7.59. The molecule has 7 heteroatoms. The number of hydrogen-bond donors (Lipinski definition) is 0. The molecular weight excluding hydrogens is 188 g/mol. The van der Waals surface area contributed by atoms with E-state index in [1.165, 1.54) is 6.92 Å². The molecule has 0 spiro atoms. The van der Waals surface area contributed by atoms with Crippen molar-refractivity contribution in [3.05, 3.63) is 0 Å². The van der Waals surface area contributed by atoms with Crippen LogP contribution in [0.5, 0.6) is 0 Å². The number of carbonyl (C=O) groups is 1. The van der Waals surface area contributed by atoms with E-state index >= 15 is 0 Å². The van der Waals surface area contributed by atoms with E-state index in [2.05, 4.69) is 13.7 Å². The molecule has 0 atom stereocenters. The van der Waals surface area contributed by atoms with E-state index in [1.807, 2.05) is 0 Å². The Hall–Kier alpha value is -0.820. The molecule has 0 saturated heterocycles. The van der Waals surface area contributed by atoms with Gasteiger partial charge in [0.2, 0.25) is 5.94 Å². The summed E-state index contributed by atoms with van der Waals surface area (Å²) in [4.78, 5) is 10.3. The van der Waals surface area contributed by atoms with Crippen LogP contribution in [0.1, 0.15) is 6.92 Å². The monoisotopic (exact) mass is 198 g/mol. The number of carbonyl (C=O) groups excluding carboxylic acids is 1. The summed E-state index contributed by atoms with van der Waals surface area (Å²) in [5, 5.41) is 0. The highest BCUT2D eigenvalue weighted by atomic mass is 32.2. The molecule has 0 aromatic heterocycles. The van der Waals surface area contributed by atoms with Gasteiger partial charge in [0.25, 0.3) is 0 Å². The van der Waals surface area contributed by atoms with Crippen LogP contribution in [0, 0.1) is 0 Å². The van der Waals surface area contributed by atoms with Gasteiger partial charge in [-0.25, -0.2) is 4.79 Å². The molecule has 6 nitrogen and oxygen atoms in total. The molecule has 0 amide bonds. The van der Waals surface area contributed by atoms with Crippen molar-refractivity contribution in [1.82, 2.24) is 0 Å². The molecule has 0 bridgehead atoms. The smallest absolute Gasteiger partial charge is 0.438 e. The van der Waals surface area contributed by atoms with Crippen LogP contribution in [-0.2, 0) is 23.8 Å². The minimum atomic E-state index is -3.76. The maximum Gasteiger partial charge on any atom is 0.509 e. The maximum absolute atomic E-state index is 10.7. The van der Waals surface area contributed by atoms with E-state index in [4.69, 9.17) is 0 Å². The van der Waals surface area contributed by atoms with Crippen LogP contribution in [0.25, 0.3) is 0 Å². The number of rotatable bonds is 4. The van der Waals surface area contributed by atoms with Crippen molar-refractivity contribution in [3.8, 4) is 0 Å². The molecule has 0 aliphatic rings. The van der Waals surface area contributed by atoms with Gasteiger partial charge in [-0.1, -0.05) is 0 Å². The van der Waals surface area contributed by atoms with Crippen molar-refractivity contribution in [3.63, 3.8) is 0 Å². The highest BCUT2D eigenvalue weighted by molar-refractivity contribution is 7.86. The van der Waals surface area contributed by atoms with E-state index in [0.717, 1.165) is 7.11 Å². The molecule has 0 fully saturated rings. The van der Waals surface area contributed by atoms with Gasteiger partial charge in [0.05, 0.1) is 13.7 Å². The molecule has 0 saturated carbocycles. The van der Waals surface area contributed by atoms with Crippen LogP contribution >= 0.6 is 0 Å². The summed E-state index contributed by atoms with van der Waals surface area (Å²) in [6, 6.07) is 0. The van der Waals surface area contributed by atoms with Gasteiger partial charge in [0.1, 0.15) is 0 Å². The van der Waals surface area contributed by atoms with Gasteiger partial charge in [-0.2, -0.15) is 8.42 Å². The predicted molar refractivity (Wildman–Crippen MR) is 38.9 cm³/mol. The van der Waals surface area contributed by atoms with Crippen LogP contribution in [0.4, 0.5) is 4.79 Å². The Balaban J connectivity index is 3.84. The average molecular weight is 198 g/mol. The Bertz CT molecular complexity index is 230. The second kappa shape index (κ2) is 4.94. The quantitative estimate of drug-likeness (QED) is 0.470. The SMILES string of the molecule is CCOS(=O)(=O)COC(=O)OC. The van der Waals surface area contributed by atoms with Crippen molar-refractivity contribution < 1.29 is 26.9 Å². The number of hydrogen-bond acceptors (Lipinski definition) is 6. The third kappa shape index (κ3) is 4.91. The fourth-order valence-electron chi connectivity index (χ4n) is 0.393. The first kappa shape index (κ1) is 11.2. The van der Waals surface area contributed by atoms with Crippen LogP contribution in [0.3, 0.4) is 0 Å². The molecule has 0 aromatic carbocycles. The molecule has 0 aliphatic heterocycles. The molecule has 72 valence electrons.